The first-order valence-corrected chi connectivity index (χ1v) is 9.44. The smallest absolute Gasteiger partial charge is 0.340 e. The van der Waals surface area contributed by atoms with Gasteiger partial charge in [-0.15, -0.1) is 0 Å². The predicted octanol–water partition coefficient (Wildman–Crippen LogP) is 5.32. The molecule has 3 rings (SSSR count). The van der Waals surface area contributed by atoms with Crippen LogP contribution in [0.15, 0.2) is 70.7 Å². The highest BCUT2D eigenvalue weighted by Crippen LogP contribution is 2.25. The summed E-state index contributed by atoms with van der Waals surface area (Å²) in [6, 6.07) is 18.8. The number of nitrogens with one attached hydrogen (secondary N) is 1. The second-order valence-corrected chi connectivity index (χ2v) is 6.54. The molecule has 30 heavy (non-hydrogen) atoms. The fraction of sp³-hybridized carbons (Fsp3) is 0.0870. The SMILES string of the molecule is CCOC(=O)c1ccccc1NC(=O)C(C#N)=Cc1ccc(-c2ccc(Cl)cc2)o1. The summed E-state index contributed by atoms with van der Waals surface area (Å²) in [4.78, 5) is 24.6. The molecule has 150 valence electrons. The van der Waals surface area contributed by atoms with Crippen molar-refractivity contribution in [2.45, 2.75) is 6.92 Å². The summed E-state index contributed by atoms with van der Waals surface area (Å²) in [6.45, 7) is 1.90. The molecule has 2 aromatic carbocycles. The van der Waals surface area contributed by atoms with Gasteiger partial charge in [-0.25, -0.2) is 4.79 Å². The van der Waals surface area contributed by atoms with E-state index >= 15 is 0 Å². The maximum absolute atomic E-state index is 12.6. The first kappa shape index (κ1) is 20.9. The lowest BCUT2D eigenvalue weighted by atomic mass is 10.1. The molecule has 0 unspecified atom stereocenters. The van der Waals surface area contributed by atoms with E-state index in [4.69, 9.17) is 20.8 Å². The van der Waals surface area contributed by atoms with Gasteiger partial charge in [-0.05, 0) is 55.5 Å². The standard InChI is InChI=1S/C23H17ClN2O4/c1-2-29-23(28)19-5-3-4-6-20(19)26-22(27)16(14-25)13-18-11-12-21(30-18)15-7-9-17(24)10-8-15/h3-13H,2H2,1H3,(H,26,27). The normalized spacial score (nSPS) is 10.9. The average molecular weight is 421 g/mol. The van der Waals surface area contributed by atoms with Crippen molar-refractivity contribution >= 4 is 35.2 Å². The number of benzene rings is 2. The predicted molar refractivity (Wildman–Crippen MR) is 114 cm³/mol. The minimum absolute atomic E-state index is 0.175. The molecule has 7 heteroatoms. The lowest BCUT2D eigenvalue weighted by molar-refractivity contribution is -0.112. The van der Waals surface area contributed by atoms with Crippen molar-refractivity contribution < 1.29 is 18.7 Å². The number of amides is 1. The number of anilines is 1. The summed E-state index contributed by atoms with van der Waals surface area (Å²) in [5.41, 5.74) is 1.09. The number of carbonyl (C=O) groups excluding carboxylic acids is 2. The van der Waals surface area contributed by atoms with Crippen LogP contribution in [0.1, 0.15) is 23.0 Å². The van der Waals surface area contributed by atoms with Crippen LogP contribution < -0.4 is 5.32 Å². The molecule has 0 saturated carbocycles. The van der Waals surface area contributed by atoms with E-state index in [-0.39, 0.29) is 23.4 Å². The minimum Gasteiger partial charge on any atom is -0.462 e. The number of furan rings is 1. The Morgan fingerprint density at radius 3 is 2.57 bits per heavy atom. The Hall–Kier alpha value is -3.82. The lowest BCUT2D eigenvalue weighted by Gasteiger charge is -2.09. The number of rotatable bonds is 6. The molecule has 0 aliphatic rings. The fourth-order valence-corrected chi connectivity index (χ4v) is 2.79. The number of nitriles is 1. The molecular weight excluding hydrogens is 404 g/mol. The Bertz CT molecular complexity index is 1140. The summed E-state index contributed by atoms with van der Waals surface area (Å²) in [6.07, 6.45) is 1.34. The van der Waals surface area contributed by atoms with Crippen molar-refractivity contribution in [3.63, 3.8) is 0 Å². The maximum Gasteiger partial charge on any atom is 0.340 e. The molecule has 0 spiro atoms. The van der Waals surface area contributed by atoms with E-state index in [0.717, 1.165) is 5.56 Å². The molecule has 0 aliphatic heterocycles. The third-order valence-electron chi connectivity index (χ3n) is 4.08. The molecule has 1 amide bonds. The number of halogens is 1. The van der Waals surface area contributed by atoms with Crippen LogP contribution in [-0.2, 0) is 9.53 Å². The Labute approximate surface area is 178 Å². The van der Waals surface area contributed by atoms with E-state index < -0.39 is 11.9 Å². The molecule has 0 aliphatic carbocycles. The lowest BCUT2D eigenvalue weighted by Crippen LogP contribution is -2.17. The van der Waals surface area contributed by atoms with Gasteiger partial charge >= 0.3 is 5.97 Å². The molecule has 1 N–H and O–H groups in total. The van der Waals surface area contributed by atoms with Crippen LogP contribution in [0, 0.1) is 11.3 Å². The monoisotopic (exact) mass is 420 g/mol. The molecule has 0 atom stereocenters. The van der Waals surface area contributed by atoms with Gasteiger partial charge in [-0.3, -0.25) is 4.79 Å². The summed E-state index contributed by atoms with van der Waals surface area (Å²) >= 11 is 5.89. The Balaban J connectivity index is 1.81. The number of hydrogen-bond acceptors (Lipinski definition) is 5. The van der Waals surface area contributed by atoms with Crippen molar-refractivity contribution in [1.82, 2.24) is 0 Å². The zero-order valence-electron chi connectivity index (χ0n) is 16.0. The topological polar surface area (TPSA) is 92.3 Å². The fourth-order valence-electron chi connectivity index (χ4n) is 2.66. The second kappa shape index (κ2) is 9.59. The Morgan fingerprint density at radius 1 is 1.13 bits per heavy atom. The van der Waals surface area contributed by atoms with Crippen LogP contribution in [0.3, 0.4) is 0 Å². The number of esters is 1. The average Bonchev–Trinajstić information content (AvgIpc) is 3.21. The third-order valence-corrected chi connectivity index (χ3v) is 4.33. The van der Waals surface area contributed by atoms with Crippen LogP contribution >= 0.6 is 11.6 Å². The second-order valence-electron chi connectivity index (χ2n) is 6.10. The summed E-state index contributed by atoms with van der Waals surface area (Å²) in [5, 5.41) is 12.6. The van der Waals surface area contributed by atoms with Crippen molar-refractivity contribution in [2.75, 3.05) is 11.9 Å². The zero-order valence-corrected chi connectivity index (χ0v) is 16.8. The molecular formula is C23H17ClN2O4. The van der Waals surface area contributed by atoms with Crippen LogP contribution in [0.25, 0.3) is 17.4 Å². The van der Waals surface area contributed by atoms with E-state index in [1.165, 1.54) is 12.1 Å². The molecule has 6 nitrogen and oxygen atoms in total. The molecule has 0 radical (unpaired) electrons. The third kappa shape index (κ3) is 4.96. The van der Waals surface area contributed by atoms with Gasteiger partial charge in [0.05, 0.1) is 17.9 Å². The maximum atomic E-state index is 12.6. The molecule has 0 bridgehead atoms. The van der Waals surface area contributed by atoms with Crippen molar-refractivity contribution in [3.8, 4) is 17.4 Å². The van der Waals surface area contributed by atoms with E-state index in [1.54, 1.807) is 61.5 Å². The van der Waals surface area contributed by atoms with Crippen molar-refractivity contribution in [2.24, 2.45) is 0 Å². The van der Waals surface area contributed by atoms with Gasteiger partial charge in [0.1, 0.15) is 23.2 Å². The zero-order chi connectivity index (χ0) is 21.5. The van der Waals surface area contributed by atoms with Gasteiger partial charge in [-0.1, -0.05) is 23.7 Å². The van der Waals surface area contributed by atoms with E-state index in [0.29, 0.717) is 16.5 Å². The van der Waals surface area contributed by atoms with Gasteiger partial charge in [0.2, 0.25) is 0 Å². The van der Waals surface area contributed by atoms with Gasteiger partial charge in [-0.2, -0.15) is 5.26 Å². The van der Waals surface area contributed by atoms with E-state index in [1.807, 2.05) is 6.07 Å². The van der Waals surface area contributed by atoms with Crippen molar-refractivity contribution in [3.05, 3.63) is 82.6 Å². The van der Waals surface area contributed by atoms with E-state index in [2.05, 4.69) is 5.32 Å². The van der Waals surface area contributed by atoms with Crippen LogP contribution in [0.5, 0.6) is 0 Å². The number of ether oxygens (including phenoxy) is 1. The van der Waals surface area contributed by atoms with Gasteiger partial charge in [0.25, 0.3) is 5.91 Å². The number of carbonyl (C=O) groups is 2. The number of para-hydroxylation sites is 1. The molecule has 1 heterocycles. The van der Waals surface area contributed by atoms with Gasteiger partial charge < -0.3 is 14.5 Å². The quantitative estimate of drug-likeness (QED) is 0.331. The van der Waals surface area contributed by atoms with Crippen LogP contribution in [-0.4, -0.2) is 18.5 Å². The molecule has 0 saturated heterocycles. The number of hydrogen-bond donors (Lipinski definition) is 1. The first-order valence-electron chi connectivity index (χ1n) is 9.07. The highest BCUT2D eigenvalue weighted by molar-refractivity contribution is 6.30. The minimum atomic E-state index is -0.668. The van der Waals surface area contributed by atoms with Crippen LogP contribution in [0.4, 0.5) is 5.69 Å². The van der Waals surface area contributed by atoms with Gasteiger partial charge in [0, 0.05) is 16.7 Å². The number of nitrogens with zero attached hydrogens (tertiary/aromatic N) is 1. The van der Waals surface area contributed by atoms with Crippen LogP contribution in [0.2, 0.25) is 5.02 Å². The largest absolute Gasteiger partial charge is 0.462 e. The Morgan fingerprint density at radius 2 is 1.87 bits per heavy atom. The van der Waals surface area contributed by atoms with Crippen molar-refractivity contribution in [1.29, 1.82) is 5.26 Å². The highest BCUT2D eigenvalue weighted by Gasteiger charge is 2.17. The molecule has 1 aromatic heterocycles. The summed E-state index contributed by atoms with van der Waals surface area (Å²) in [5.74, 6) is -0.318. The van der Waals surface area contributed by atoms with Gasteiger partial charge in [0.15, 0.2) is 0 Å². The molecule has 3 aromatic rings. The summed E-state index contributed by atoms with van der Waals surface area (Å²) < 4.78 is 10.7. The Kier molecular flexibility index (Phi) is 6.68. The first-order chi connectivity index (χ1) is 14.5. The molecule has 0 fully saturated rings. The summed E-state index contributed by atoms with van der Waals surface area (Å²) in [7, 11) is 0. The highest BCUT2D eigenvalue weighted by atomic mass is 35.5. The van der Waals surface area contributed by atoms with E-state index in [9.17, 15) is 14.9 Å².